The number of anilines is 4. The first-order chi connectivity index (χ1) is 14.5. The average Bonchev–Trinajstić information content (AvgIpc) is 2.76. The number of nitrogens with one attached hydrogen (secondary N) is 1. The number of nitro groups is 1. The van der Waals surface area contributed by atoms with Gasteiger partial charge in [-0.15, -0.1) is 0 Å². The van der Waals surface area contributed by atoms with Crippen LogP contribution in [0.1, 0.15) is 5.56 Å². The van der Waals surface area contributed by atoms with Gasteiger partial charge in [-0.1, -0.05) is 29.8 Å². The van der Waals surface area contributed by atoms with Crippen molar-refractivity contribution in [2.45, 2.75) is 6.92 Å². The van der Waals surface area contributed by atoms with Crippen LogP contribution in [0.25, 0.3) is 0 Å². The maximum absolute atomic E-state index is 11.9. The van der Waals surface area contributed by atoms with E-state index in [0.717, 1.165) is 24.3 Å². The Balaban J connectivity index is 1.58. The summed E-state index contributed by atoms with van der Waals surface area (Å²) in [4.78, 5) is 24.1. The summed E-state index contributed by atoms with van der Waals surface area (Å²) in [6.07, 6.45) is 1.36. The highest BCUT2D eigenvalue weighted by Crippen LogP contribution is 2.35. The Morgan fingerprint density at radius 3 is 2.40 bits per heavy atom. The van der Waals surface area contributed by atoms with Gasteiger partial charge in [0, 0.05) is 42.6 Å². The number of hydrogen-bond acceptors (Lipinski definition) is 7. The molecular formula is C21H21ClN6O2. The molecule has 154 valence electrons. The number of halogens is 1. The van der Waals surface area contributed by atoms with E-state index in [0.29, 0.717) is 29.6 Å². The minimum Gasteiger partial charge on any atom is -0.368 e. The Morgan fingerprint density at radius 2 is 1.73 bits per heavy atom. The van der Waals surface area contributed by atoms with Crippen LogP contribution in [0, 0.1) is 17.0 Å². The molecule has 1 aliphatic heterocycles. The zero-order valence-electron chi connectivity index (χ0n) is 16.5. The van der Waals surface area contributed by atoms with Crippen molar-refractivity contribution in [1.82, 2.24) is 9.97 Å². The molecule has 0 spiro atoms. The van der Waals surface area contributed by atoms with Crippen molar-refractivity contribution in [3.05, 3.63) is 75.6 Å². The van der Waals surface area contributed by atoms with Crippen LogP contribution in [0.4, 0.5) is 28.7 Å². The Kier molecular flexibility index (Phi) is 5.67. The summed E-state index contributed by atoms with van der Waals surface area (Å²) in [6.45, 7) is 4.65. The lowest BCUT2D eigenvalue weighted by Crippen LogP contribution is -2.47. The monoisotopic (exact) mass is 424 g/mol. The largest absolute Gasteiger partial charge is 0.368 e. The lowest BCUT2D eigenvalue weighted by Gasteiger charge is -2.36. The topological polar surface area (TPSA) is 87.4 Å². The molecule has 9 heteroatoms. The van der Waals surface area contributed by atoms with Crippen molar-refractivity contribution in [3.8, 4) is 0 Å². The van der Waals surface area contributed by atoms with E-state index in [9.17, 15) is 10.1 Å². The Hall–Kier alpha value is -3.39. The molecule has 1 fully saturated rings. The molecule has 0 unspecified atom stereocenters. The highest BCUT2D eigenvalue weighted by Gasteiger charge is 2.29. The Labute approximate surface area is 179 Å². The number of hydrogen-bond donors (Lipinski definition) is 1. The summed E-state index contributed by atoms with van der Waals surface area (Å²) in [5, 5.41) is 15.6. The lowest BCUT2D eigenvalue weighted by molar-refractivity contribution is -0.383. The third-order valence-corrected chi connectivity index (χ3v) is 5.36. The smallest absolute Gasteiger partial charge is 0.353 e. The van der Waals surface area contributed by atoms with E-state index in [1.54, 1.807) is 18.2 Å². The van der Waals surface area contributed by atoms with E-state index in [2.05, 4.69) is 32.3 Å². The average molecular weight is 425 g/mol. The van der Waals surface area contributed by atoms with Crippen molar-refractivity contribution >= 4 is 40.3 Å². The molecule has 0 bridgehead atoms. The number of para-hydroxylation sites is 1. The summed E-state index contributed by atoms with van der Waals surface area (Å²) in [6, 6.07) is 15.4. The van der Waals surface area contributed by atoms with E-state index in [1.807, 2.05) is 30.0 Å². The van der Waals surface area contributed by atoms with Gasteiger partial charge >= 0.3 is 5.69 Å². The van der Waals surface area contributed by atoms with Crippen LogP contribution in [0.3, 0.4) is 0 Å². The van der Waals surface area contributed by atoms with E-state index in [1.165, 1.54) is 6.33 Å². The van der Waals surface area contributed by atoms with Crippen LogP contribution < -0.4 is 15.1 Å². The molecule has 1 N–H and O–H groups in total. The quantitative estimate of drug-likeness (QED) is 0.479. The van der Waals surface area contributed by atoms with Crippen LogP contribution in [-0.4, -0.2) is 41.1 Å². The first-order valence-electron chi connectivity index (χ1n) is 9.60. The number of benzene rings is 2. The van der Waals surface area contributed by atoms with E-state index >= 15 is 0 Å². The number of rotatable bonds is 5. The molecule has 4 rings (SSSR count). The van der Waals surface area contributed by atoms with Crippen molar-refractivity contribution in [3.63, 3.8) is 0 Å². The molecule has 0 atom stereocenters. The number of aryl methyl sites for hydroxylation is 1. The fraction of sp³-hybridized carbons (Fsp3) is 0.238. The van der Waals surface area contributed by atoms with Gasteiger partial charge in [0.25, 0.3) is 0 Å². The molecule has 1 saturated heterocycles. The van der Waals surface area contributed by atoms with Crippen molar-refractivity contribution < 1.29 is 4.92 Å². The standard InChI is InChI=1S/C21H21ClN6O2/c1-15-13-16(22)7-8-18(15)25-20-19(28(29)30)21(24-14-23-20)27-11-9-26(10-12-27)17-5-3-2-4-6-17/h2-8,13-14H,9-12H2,1H3,(H,23,24,25). The maximum atomic E-state index is 11.9. The van der Waals surface area contributed by atoms with Gasteiger partial charge in [-0.05, 0) is 42.8 Å². The normalized spacial score (nSPS) is 13.9. The third-order valence-electron chi connectivity index (χ3n) is 5.13. The molecule has 30 heavy (non-hydrogen) atoms. The van der Waals surface area contributed by atoms with E-state index in [-0.39, 0.29) is 11.5 Å². The molecule has 0 saturated carbocycles. The molecule has 2 aromatic carbocycles. The predicted molar refractivity (Wildman–Crippen MR) is 119 cm³/mol. The van der Waals surface area contributed by atoms with Gasteiger partial charge in [0.05, 0.1) is 4.92 Å². The van der Waals surface area contributed by atoms with Gasteiger partial charge < -0.3 is 15.1 Å². The molecule has 3 aromatic rings. The highest BCUT2D eigenvalue weighted by molar-refractivity contribution is 6.30. The third kappa shape index (κ3) is 4.13. The SMILES string of the molecule is Cc1cc(Cl)ccc1Nc1ncnc(N2CCN(c3ccccc3)CC2)c1[N+](=O)[O-]. The summed E-state index contributed by atoms with van der Waals surface area (Å²) in [5.41, 5.74) is 2.60. The van der Waals surface area contributed by atoms with Crippen LogP contribution in [-0.2, 0) is 0 Å². The second kappa shape index (κ2) is 8.54. The van der Waals surface area contributed by atoms with E-state index < -0.39 is 4.92 Å². The summed E-state index contributed by atoms with van der Waals surface area (Å²) < 4.78 is 0. The second-order valence-corrected chi connectivity index (χ2v) is 7.48. The molecule has 1 aromatic heterocycles. The minimum atomic E-state index is -0.424. The fourth-order valence-corrected chi connectivity index (χ4v) is 3.80. The first-order valence-corrected chi connectivity index (χ1v) is 9.98. The van der Waals surface area contributed by atoms with Crippen LogP contribution >= 0.6 is 11.6 Å². The van der Waals surface area contributed by atoms with Crippen molar-refractivity contribution in [1.29, 1.82) is 0 Å². The Morgan fingerprint density at radius 1 is 1.03 bits per heavy atom. The zero-order valence-corrected chi connectivity index (χ0v) is 17.2. The molecule has 1 aliphatic rings. The highest BCUT2D eigenvalue weighted by atomic mass is 35.5. The van der Waals surface area contributed by atoms with Gasteiger partial charge in [0.1, 0.15) is 6.33 Å². The molecule has 0 radical (unpaired) electrons. The lowest BCUT2D eigenvalue weighted by atomic mass is 10.2. The van der Waals surface area contributed by atoms with Crippen LogP contribution in [0.5, 0.6) is 0 Å². The summed E-state index contributed by atoms with van der Waals surface area (Å²) >= 11 is 6.01. The first kappa shape index (κ1) is 19.9. The molecular weight excluding hydrogens is 404 g/mol. The zero-order chi connectivity index (χ0) is 21.1. The second-order valence-electron chi connectivity index (χ2n) is 7.05. The van der Waals surface area contributed by atoms with Crippen LogP contribution in [0.15, 0.2) is 54.9 Å². The van der Waals surface area contributed by atoms with Gasteiger partial charge in [0.2, 0.25) is 11.6 Å². The molecule has 0 amide bonds. The minimum absolute atomic E-state index is 0.125. The molecule has 0 aliphatic carbocycles. The van der Waals surface area contributed by atoms with Gasteiger partial charge in [-0.3, -0.25) is 10.1 Å². The Bertz CT molecular complexity index is 1050. The maximum Gasteiger partial charge on any atom is 0.353 e. The van der Waals surface area contributed by atoms with Gasteiger partial charge in [-0.25, -0.2) is 9.97 Å². The van der Waals surface area contributed by atoms with Crippen molar-refractivity contribution in [2.24, 2.45) is 0 Å². The fourth-order valence-electron chi connectivity index (χ4n) is 3.57. The summed E-state index contributed by atoms with van der Waals surface area (Å²) in [7, 11) is 0. The van der Waals surface area contributed by atoms with E-state index in [4.69, 9.17) is 11.6 Å². The van der Waals surface area contributed by atoms with Crippen molar-refractivity contribution in [2.75, 3.05) is 41.3 Å². The molecule has 2 heterocycles. The van der Waals surface area contributed by atoms with Crippen LogP contribution in [0.2, 0.25) is 5.02 Å². The number of piperazine rings is 1. The predicted octanol–water partition coefficient (Wildman–Crippen LogP) is 4.42. The van der Waals surface area contributed by atoms with Gasteiger partial charge in [0.15, 0.2) is 0 Å². The number of aromatic nitrogens is 2. The van der Waals surface area contributed by atoms with Gasteiger partial charge in [-0.2, -0.15) is 0 Å². The summed E-state index contributed by atoms with van der Waals surface area (Å²) in [5.74, 6) is 0.498. The number of nitrogens with zero attached hydrogens (tertiary/aromatic N) is 5. The molecule has 8 nitrogen and oxygen atoms in total.